The Morgan fingerprint density at radius 3 is 2.47 bits per heavy atom. The molecule has 0 radical (unpaired) electrons. The van der Waals surface area contributed by atoms with Gasteiger partial charge < -0.3 is 15.2 Å². The fourth-order valence-electron chi connectivity index (χ4n) is 1.33. The minimum Gasteiger partial charge on any atom is -0.481 e. The molecule has 4 nitrogen and oxygen atoms in total. The Kier molecular flexibility index (Phi) is 4.68. The predicted octanol–water partition coefficient (Wildman–Crippen LogP) is 2.56. The summed E-state index contributed by atoms with van der Waals surface area (Å²) in [5, 5.41) is 11.5. The summed E-state index contributed by atoms with van der Waals surface area (Å²) in [7, 11) is 0. The van der Waals surface area contributed by atoms with Crippen molar-refractivity contribution < 1.29 is 23.4 Å². The number of anilines is 1. The number of hydrogen-bond donors (Lipinski definition) is 2. The first-order valence-corrected chi connectivity index (χ1v) is 5.00. The Bertz CT molecular complexity index is 367. The molecular formula is C11H13F2NO3. The predicted molar refractivity (Wildman–Crippen MR) is 58.4 cm³/mol. The molecule has 0 aliphatic rings. The standard InChI is InChI=1S/C11H13F2NO3/c1-7(6-10(15)16)14-8-2-4-9(5-3-8)17-11(12)13/h2-5,7,11,14H,6H2,1H3,(H,15,16). The molecule has 1 unspecified atom stereocenters. The Labute approximate surface area is 97.2 Å². The molecule has 1 rings (SSSR count). The molecule has 94 valence electrons. The Morgan fingerprint density at radius 1 is 1.41 bits per heavy atom. The monoisotopic (exact) mass is 245 g/mol. The van der Waals surface area contributed by atoms with E-state index >= 15 is 0 Å². The number of alkyl halides is 2. The van der Waals surface area contributed by atoms with Crippen molar-refractivity contribution in [2.75, 3.05) is 5.32 Å². The summed E-state index contributed by atoms with van der Waals surface area (Å²) in [6.45, 7) is -1.13. The van der Waals surface area contributed by atoms with E-state index in [9.17, 15) is 13.6 Å². The van der Waals surface area contributed by atoms with Crippen molar-refractivity contribution in [2.45, 2.75) is 26.0 Å². The van der Waals surface area contributed by atoms with Gasteiger partial charge in [0.2, 0.25) is 0 Å². The van der Waals surface area contributed by atoms with Crippen LogP contribution in [0.3, 0.4) is 0 Å². The van der Waals surface area contributed by atoms with Crippen LogP contribution in [-0.4, -0.2) is 23.7 Å². The molecule has 17 heavy (non-hydrogen) atoms. The van der Waals surface area contributed by atoms with Crippen LogP contribution in [0.25, 0.3) is 0 Å². The van der Waals surface area contributed by atoms with E-state index in [1.807, 2.05) is 0 Å². The summed E-state index contributed by atoms with van der Waals surface area (Å²) in [5.74, 6) is -0.834. The zero-order valence-corrected chi connectivity index (χ0v) is 9.19. The Hall–Kier alpha value is -1.85. The van der Waals surface area contributed by atoms with E-state index < -0.39 is 12.6 Å². The first-order chi connectivity index (χ1) is 7.97. The van der Waals surface area contributed by atoms with Crippen molar-refractivity contribution in [3.05, 3.63) is 24.3 Å². The molecule has 0 heterocycles. The maximum atomic E-state index is 11.9. The summed E-state index contributed by atoms with van der Waals surface area (Å²) in [4.78, 5) is 10.4. The molecule has 0 aromatic heterocycles. The van der Waals surface area contributed by atoms with E-state index in [2.05, 4.69) is 10.1 Å². The maximum Gasteiger partial charge on any atom is 0.387 e. The molecule has 0 saturated heterocycles. The number of halogens is 2. The van der Waals surface area contributed by atoms with Gasteiger partial charge in [-0.2, -0.15) is 8.78 Å². The largest absolute Gasteiger partial charge is 0.481 e. The van der Waals surface area contributed by atoms with Gasteiger partial charge >= 0.3 is 12.6 Å². The zero-order chi connectivity index (χ0) is 12.8. The highest BCUT2D eigenvalue weighted by Gasteiger charge is 2.08. The van der Waals surface area contributed by atoms with E-state index in [-0.39, 0.29) is 18.2 Å². The molecule has 0 spiro atoms. The van der Waals surface area contributed by atoms with Crippen molar-refractivity contribution in [3.8, 4) is 5.75 Å². The van der Waals surface area contributed by atoms with Gasteiger partial charge in [-0.1, -0.05) is 0 Å². The van der Waals surface area contributed by atoms with Crippen LogP contribution < -0.4 is 10.1 Å². The van der Waals surface area contributed by atoms with Crippen molar-refractivity contribution in [3.63, 3.8) is 0 Å². The normalized spacial score (nSPS) is 12.2. The van der Waals surface area contributed by atoms with Crippen LogP contribution in [0.15, 0.2) is 24.3 Å². The van der Waals surface area contributed by atoms with Gasteiger partial charge in [0.25, 0.3) is 0 Å². The van der Waals surface area contributed by atoms with Gasteiger partial charge in [0.15, 0.2) is 0 Å². The molecule has 0 aliphatic carbocycles. The number of rotatable bonds is 6. The lowest BCUT2D eigenvalue weighted by atomic mass is 10.2. The summed E-state index contributed by atoms with van der Waals surface area (Å²) in [6.07, 6.45) is -0.0186. The molecular weight excluding hydrogens is 232 g/mol. The number of aliphatic carboxylic acids is 1. The van der Waals surface area contributed by atoms with E-state index in [1.165, 1.54) is 12.1 Å². The molecule has 1 aromatic carbocycles. The summed E-state index contributed by atoms with van der Waals surface area (Å²) in [5.41, 5.74) is 0.653. The van der Waals surface area contributed by atoms with Gasteiger partial charge in [-0.05, 0) is 31.2 Å². The second-order valence-electron chi connectivity index (χ2n) is 3.55. The van der Waals surface area contributed by atoms with Crippen LogP contribution >= 0.6 is 0 Å². The SMILES string of the molecule is CC(CC(=O)O)Nc1ccc(OC(F)F)cc1. The Morgan fingerprint density at radius 2 is 2.00 bits per heavy atom. The highest BCUT2D eigenvalue weighted by atomic mass is 19.3. The lowest BCUT2D eigenvalue weighted by Crippen LogP contribution is -2.19. The fourth-order valence-corrected chi connectivity index (χ4v) is 1.33. The molecule has 0 aliphatic heterocycles. The molecule has 0 fully saturated rings. The first kappa shape index (κ1) is 13.2. The minimum absolute atomic E-state index is 0.0186. The van der Waals surface area contributed by atoms with Crippen LogP contribution in [0.4, 0.5) is 14.5 Å². The molecule has 0 bridgehead atoms. The van der Waals surface area contributed by atoms with E-state index in [0.29, 0.717) is 5.69 Å². The highest BCUT2D eigenvalue weighted by molar-refractivity contribution is 5.68. The van der Waals surface area contributed by atoms with Gasteiger partial charge in [-0.25, -0.2) is 0 Å². The second-order valence-corrected chi connectivity index (χ2v) is 3.55. The number of carboxylic acid groups (broad SMARTS) is 1. The van der Waals surface area contributed by atoms with E-state index in [4.69, 9.17) is 5.11 Å². The quantitative estimate of drug-likeness (QED) is 0.808. The summed E-state index contributed by atoms with van der Waals surface area (Å²) in [6, 6.07) is 5.64. The average molecular weight is 245 g/mol. The van der Waals surface area contributed by atoms with Gasteiger partial charge in [-0.3, -0.25) is 4.79 Å². The molecule has 0 saturated carbocycles. The van der Waals surface area contributed by atoms with Crippen molar-refractivity contribution in [1.82, 2.24) is 0 Å². The first-order valence-electron chi connectivity index (χ1n) is 5.00. The van der Waals surface area contributed by atoms with Crippen molar-refractivity contribution in [2.24, 2.45) is 0 Å². The van der Waals surface area contributed by atoms with E-state index in [0.717, 1.165) is 0 Å². The minimum atomic E-state index is -2.85. The summed E-state index contributed by atoms with van der Waals surface area (Å²) >= 11 is 0. The van der Waals surface area contributed by atoms with Gasteiger partial charge in [0.1, 0.15) is 5.75 Å². The molecule has 0 amide bonds. The highest BCUT2D eigenvalue weighted by Crippen LogP contribution is 2.18. The fraction of sp³-hybridized carbons (Fsp3) is 0.364. The lowest BCUT2D eigenvalue weighted by molar-refractivity contribution is -0.137. The van der Waals surface area contributed by atoms with E-state index in [1.54, 1.807) is 19.1 Å². The lowest BCUT2D eigenvalue weighted by Gasteiger charge is -2.13. The topological polar surface area (TPSA) is 58.6 Å². The second kappa shape index (κ2) is 6.03. The van der Waals surface area contributed by atoms with Gasteiger partial charge in [0.05, 0.1) is 6.42 Å². The third-order valence-electron chi connectivity index (χ3n) is 1.97. The van der Waals surface area contributed by atoms with Crippen LogP contribution in [0, 0.1) is 0 Å². The third-order valence-corrected chi connectivity index (χ3v) is 1.97. The van der Waals surface area contributed by atoms with Crippen LogP contribution in [-0.2, 0) is 4.79 Å². The van der Waals surface area contributed by atoms with Gasteiger partial charge in [-0.15, -0.1) is 0 Å². The number of benzene rings is 1. The molecule has 1 atom stereocenters. The third kappa shape index (κ3) is 5.14. The average Bonchev–Trinajstić information content (AvgIpc) is 2.18. The smallest absolute Gasteiger partial charge is 0.387 e. The Balaban J connectivity index is 2.53. The molecule has 2 N–H and O–H groups in total. The zero-order valence-electron chi connectivity index (χ0n) is 9.19. The van der Waals surface area contributed by atoms with Gasteiger partial charge in [0, 0.05) is 11.7 Å². The molecule has 1 aromatic rings. The molecule has 6 heteroatoms. The maximum absolute atomic E-state index is 11.9. The van der Waals surface area contributed by atoms with Crippen LogP contribution in [0.5, 0.6) is 5.75 Å². The number of hydrogen-bond acceptors (Lipinski definition) is 3. The number of ether oxygens (including phenoxy) is 1. The summed E-state index contributed by atoms with van der Waals surface area (Å²) < 4.78 is 27.9. The van der Waals surface area contributed by atoms with Crippen molar-refractivity contribution in [1.29, 1.82) is 0 Å². The van der Waals surface area contributed by atoms with Crippen LogP contribution in [0.1, 0.15) is 13.3 Å². The number of nitrogens with one attached hydrogen (secondary N) is 1. The number of carbonyl (C=O) groups is 1. The number of carboxylic acids is 1. The van der Waals surface area contributed by atoms with Crippen LogP contribution in [0.2, 0.25) is 0 Å². The van der Waals surface area contributed by atoms with Crippen molar-refractivity contribution >= 4 is 11.7 Å².